The van der Waals surface area contributed by atoms with Gasteiger partial charge in [0.05, 0.1) is 10.5 Å². The van der Waals surface area contributed by atoms with Gasteiger partial charge in [-0.1, -0.05) is 0 Å². The van der Waals surface area contributed by atoms with Crippen molar-refractivity contribution in [2.45, 2.75) is 18.9 Å². The Labute approximate surface area is 114 Å². The highest BCUT2D eigenvalue weighted by atomic mass is 79.9. The summed E-state index contributed by atoms with van der Waals surface area (Å²) in [7, 11) is 0. The van der Waals surface area contributed by atoms with Gasteiger partial charge < -0.3 is 10.6 Å². The zero-order chi connectivity index (χ0) is 11.5. The first-order chi connectivity index (χ1) is 7.66. The molecule has 2 rings (SSSR count). The molecule has 3 nitrogen and oxygen atoms in total. The molecule has 1 aliphatic rings. The van der Waals surface area contributed by atoms with Crippen LogP contribution in [0.15, 0.2) is 22.7 Å². The molecule has 0 bridgehead atoms. The first-order valence-corrected chi connectivity index (χ1v) is 5.95. The van der Waals surface area contributed by atoms with E-state index in [1.807, 2.05) is 0 Å². The van der Waals surface area contributed by atoms with Crippen molar-refractivity contribution in [1.29, 1.82) is 0 Å². The Kier molecular flexibility index (Phi) is 5.36. The summed E-state index contributed by atoms with van der Waals surface area (Å²) in [6.07, 6.45) is 1.84. The van der Waals surface area contributed by atoms with Crippen LogP contribution in [0.25, 0.3) is 0 Å². The summed E-state index contributed by atoms with van der Waals surface area (Å²) in [6.45, 7) is 0.868. The van der Waals surface area contributed by atoms with Gasteiger partial charge in [0.2, 0.25) is 5.91 Å². The van der Waals surface area contributed by atoms with E-state index < -0.39 is 0 Å². The summed E-state index contributed by atoms with van der Waals surface area (Å²) < 4.78 is 13.6. The van der Waals surface area contributed by atoms with E-state index in [2.05, 4.69) is 26.6 Å². The Morgan fingerprint density at radius 1 is 1.53 bits per heavy atom. The molecule has 1 aliphatic heterocycles. The second kappa shape index (κ2) is 6.33. The van der Waals surface area contributed by atoms with Crippen LogP contribution >= 0.6 is 28.3 Å². The van der Waals surface area contributed by atoms with Crippen LogP contribution in [0.3, 0.4) is 0 Å². The number of rotatable bonds is 2. The van der Waals surface area contributed by atoms with E-state index in [1.165, 1.54) is 6.07 Å². The molecule has 1 saturated heterocycles. The Morgan fingerprint density at radius 2 is 2.29 bits per heavy atom. The van der Waals surface area contributed by atoms with Crippen molar-refractivity contribution in [2.75, 3.05) is 11.9 Å². The Bertz CT molecular complexity index is 410. The fourth-order valence-electron chi connectivity index (χ4n) is 1.71. The Morgan fingerprint density at radius 3 is 2.88 bits per heavy atom. The van der Waals surface area contributed by atoms with Crippen molar-refractivity contribution >= 4 is 39.9 Å². The smallest absolute Gasteiger partial charge is 0.241 e. The predicted octanol–water partition coefficient (Wildman–Crippen LogP) is 2.70. The van der Waals surface area contributed by atoms with Gasteiger partial charge in [-0.05, 0) is 53.5 Å². The number of halogens is 3. The van der Waals surface area contributed by atoms with Gasteiger partial charge >= 0.3 is 0 Å². The third-order valence-corrected chi connectivity index (χ3v) is 3.21. The van der Waals surface area contributed by atoms with Crippen LogP contribution in [0.4, 0.5) is 10.1 Å². The van der Waals surface area contributed by atoms with E-state index in [1.54, 1.807) is 12.1 Å². The SMILES string of the molecule is Cl.O=C(Nc1ccc(Br)c(F)c1)[C@@H]1CCCN1. The Balaban J connectivity index is 0.00000144. The highest BCUT2D eigenvalue weighted by molar-refractivity contribution is 9.10. The molecule has 0 radical (unpaired) electrons. The quantitative estimate of drug-likeness (QED) is 0.878. The summed E-state index contributed by atoms with van der Waals surface area (Å²) in [4.78, 5) is 11.7. The standard InChI is InChI=1S/C11H12BrFN2O.ClH/c12-8-4-3-7(6-9(8)13)15-11(16)10-2-1-5-14-10;/h3-4,6,10,14H,1-2,5H2,(H,15,16);1H/t10-;/m0./s1. The van der Waals surface area contributed by atoms with Gasteiger partial charge in [-0.2, -0.15) is 0 Å². The summed E-state index contributed by atoms with van der Waals surface area (Å²) in [5.41, 5.74) is 0.486. The van der Waals surface area contributed by atoms with Crippen molar-refractivity contribution < 1.29 is 9.18 Å². The molecule has 94 valence electrons. The highest BCUT2D eigenvalue weighted by Gasteiger charge is 2.21. The number of amides is 1. The molecule has 2 N–H and O–H groups in total. The van der Waals surface area contributed by atoms with Crippen molar-refractivity contribution in [1.82, 2.24) is 5.32 Å². The molecule has 0 saturated carbocycles. The maximum absolute atomic E-state index is 13.2. The number of carbonyl (C=O) groups excluding carboxylic acids is 1. The van der Waals surface area contributed by atoms with E-state index in [9.17, 15) is 9.18 Å². The van der Waals surface area contributed by atoms with Crippen LogP contribution < -0.4 is 10.6 Å². The van der Waals surface area contributed by atoms with E-state index in [0.717, 1.165) is 19.4 Å². The molecule has 1 atom stereocenters. The largest absolute Gasteiger partial charge is 0.325 e. The normalized spacial score (nSPS) is 18.6. The molecule has 6 heteroatoms. The third kappa shape index (κ3) is 3.66. The van der Waals surface area contributed by atoms with Gasteiger partial charge in [-0.15, -0.1) is 12.4 Å². The van der Waals surface area contributed by atoms with Crippen LogP contribution in [0, 0.1) is 5.82 Å². The maximum Gasteiger partial charge on any atom is 0.241 e. The molecule has 1 fully saturated rings. The van der Waals surface area contributed by atoms with Crippen molar-refractivity contribution in [3.8, 4) is 0 Å². The zero-order valence-electron chi connectivity index (χ0n) is 9.00. The number of benzene rings is 1. The average molecular weight is 324 g/mol. The zero-order valence-corrected chi connectivity index (χ0v) is 11.4. The second-order valence-electron chi connectivity index (χ2n) is 3.77. The van der Waals surface area contributed by atoms with E-state index >= 15 is 0 Å². The number of hydrogen-bond donors (Lipinski definition) is 2. The lowest BCUT2D eigenvalue weighted by atomic mass is 10.2. The molecule has 0 aliphatic carbocycles. The number of nitrogens with one attached hydrogen (secondary N) is 2. The van der Waals surface area contributed by atoms with Gasteiger partial charge in [0.1, 0.15) is 5.82 Å². The van der Waals surface area contributed by atoms with Gasteiger partial charge in [0.15, 0.2) is 0 Å². The topological polar surface area (TPSA) is 41.1 Å². The van der Waals surface area contributed by atoms with Crippen molar-refractivity contribution in [3.05, 3.63) is 28.5 Å². The minimum atomic E-state index is -0.378. The minimum Gasteiger partial charge on any atom is -0.325 e. The van der Waals surface area contributed by atoms with Crippen LogP contribution in [0.2, 0.25) is 0 Å². The van der Waals surface area contributed by atoms with Crippen molar-refractivity contribution in [2.24, 2.45) is 0 Å². The molecular formula is C11H13BrClFN2O. The third-order valence-electron chi connectivity index (χ3n) is 2.56. The summed E-state index contributed by atoms with van der Waals surface area (Å²) >= 11 is 3.06. The molecule has 1 aromatic rings. The van der Waals surface area contributed by atoms with Crippen LogP contribution in [0.1, 0.15) is 12.8 Å². The fraction of sp³-hybridized carbons (Fsp3) is 0.364. The molecule has 17 heavy (non-hydrogen) atoms. The molecule has 0 spiro atoms. The van der Waals surface area contributed by atoms with Crippen LogP contribution in [-0.2, 0) is 4.79 Å². The Hall–Kier alpha value is -0.650. The number of anilines is 1. The van der Waals surface area contributed by atoms with Gasteiger partial charge in [0, 0.05) is 5.69 Å². The monoisotopic (exact) mass is 322 g/mol. The molecule has 1 heterocycles. The van der Waals surface area contributed by atoms with E-state index in [0.29, 0.717) is 10.2 Å². The average Bonchev–Trinajstić information content (AvgIpc) is 2.77. The minimum absolute atomic E-state index is 0. The lowest BCUT2D eigenvalue weighted by Gasteiger charge is -2.11. The lowest BCUT2D eigenvalue weighted by molar-refractivity contribution is -0.117. The summed E-state index contributed by atoms with van der Waals surface area (Å²) in [6, 6.07) is 4.40. The maximum atomic E-state index is 13.2. The fourth-order valence-corrected chi connectivity index (χ4v) is 1.96. The predicted molar refractivity (Wildman–Crippen MR) is 71.0 cm³/mol. The number of hydrogen-bond acceptors (Lipinski definition) is 2. The molecule has 0 unspecified atom stereocenters. The van der Waals surface area contributed by atoms with Gasteiger partial charge in [-0.3, -0.25) is 4.79 Å². The molecule has 0 aromatic heterocycles. The summed E-state index contributed by atoms with van der Waals surface area (Å²) in [5, 5.41) is 5.78. The summed E-state index contributed by atoms with van der Waals surface area (Å²) in [5.74, 6) is -0.476. The molecular weight excluding hydrogens is 310 g/mol. The van der Waals surface area contributed by atoms with Crippen LogP contribution in [0.5, 0.6) is 0 Å². The highest BCUT2D eigenvalue weighted by Crippen LogP contribution is 2.19. The lowest BCUT2D eigenvalue weighted by Crippen LogP contribution is -2.35. The first-order valence-electron chi connectivity index (χ1n) is 5.16. The first kappa shape index (κ1) is 14.4. The number of carbonyl (C=O) groups is 1. The van der Waals surface area contributed by atoms with E-state index in [-0.39, 0.29) is 30.2 Å². The van der Waals surface area contributed by atoms with E-state index in [4.69, 9.17) is 0 Å². The van der Waals surface area contributed by atoms with Gasteiger partial charge in [0.25, 0.3) is 0 Å². The van der Waals surface area contributed by atoms with Crippen molar-refractivity contribution in [3.63, 3.8) is 0 Å². The van der Waals surface area contributed by atoms with Crippen LogP contribution in [-0.4, -0.2) is 18.5 Å². The molecule has 1 aromatic carbocycles. The molecule has 1 amide bonds. The second-order valence-corrected chi connectivity index (χ2v) is 4.62. The van der Waals surface area contributed by atoms with Gasteiger partial charge in [-0.25, -0.2) is 4.39 Å².